The molecule has 2 bridgehead atoms. The van der Waals surface area contributed by atoms with Crippen LogP contribution in [0.15, 0.2) is 52.7 Å². The van der Waals surface area contributed by atoms with Crippen molar-refractivity contribution in [3.8, 4) is 0 Å². The van der Waals surface area contributed by atoms with Gasteiger partial charge in [-0.2, -0.15) is 0 Å². The summed E-state index contributed by atoms with van der Waals surface area (Å²) in [5, 5.41) is 1.61. The molecule has 3 heterocycles. The Labute approximate surface area is 152 Å². The topological polar surface area (TPSA) is 54.5 Å². The summed E-state index contributed by atoms with van der Waals surface area (Å²) in [5.74, 6) is 0.144. The third kappa shape index (κ3) is 3.13. The maximum Gasteiger partial charge on any atom is 0.228 e. The van der Waals surface area contributed by atoms with Gasteiger partial charge in [-0.3, -0.25) is 4.79 Å². The molecule has 2 unspecified atom stereocenters. The van der Waals surface area contributed by atoms with E-state index in [1.54, 1.807) is 35.6 Å². The standard InChI is InChI=1S/C19H21NO3S2/c21-19(13-16-5-4-10-24-16)20-14-8-9-15(20)12-18(11-14)25(22,23)17-6-2-1-3-7-17/h1-7,10,14-15,18H,8-9,11-13H2. The minimum atomic E-state index is -3.32. The molecular weight excluding hydrogens is 354 g/mol. The Bertz CT molecular complexity index is 832. The molecule has 0 spiro atoms. The highest BCUT2D eigenvalue weighted by atomic mass is 32.2. The Hall–Kier alpha value is -1.66. The van der Waals surface area contributed by atoms with Crippen LogP contribution in [0.3, 0.4) is 0 Å². The number of sulfone groups is 1. The van der Waals surface area contributed by atoms with Crippen LogP contribution in [0.25, 0.3) is 0 Å². The van der Waals surface area contributed by atoms with Crippen LogP contribution in [0, 0.1) is 0 Å². The fraction of sp³-hybridized carbons (Fsp3) is 0.421. The van der Waals surface area contributed by atoms with Crippen LogP contribution in [0.2, 0.25) is 0 Å². The predicted molar refractivity (Wildman–Crippen MR) is 98.3 cm³/mol. The number of nitrogens with zero attached hydrogens (tertiary/aromatic N) is 1. The van der Waals surface area contributed by atoms with E-state index in [-0.39, 0.29) is 23.2 Å². The van der Waals surface area contributed by atoms with Gasteiger partial charge in [0.1, 0.15) is 0 Å². The third-order valence-corrected chi connectivity index (χ3v) is 8.46. The molecule has 1 amide bonds. The molecule has 0 saturated carbocycles. The van der Waals surface area contributed by atoms with E-state index in [9.17, 15) is 13.2 Å². The first-order valence-electron chi connectivity index (χ1n) is 8.68. The maximum atomic E-state index is 12.9. The molecule has 6 heteroatoms. The van der Waals surface area contributed by atoms with Gasteiger partial charge >= 0.3 is 0 Å². The van der Waals surface area contributed by atoms with E-state index in [2.05, 4.69) is 0 Å². The average Bonchev–Trinajstić information content (AvgIpc) is 3.21. The number of fused-ring (bicyclic) bond motifs is 2. The molecule has 4 nitrogen and oxygen atoms in total. The van der Waals surface area contributed by atoms with Crippen LogP contribution >= 0.6 is 11.3 Å². The highest BCUT2D eigenvalue weighted by Crippen LogP contribution is 2.40. The summed E-state index contributed by atoms with van der Waals surface area (Å²) in [4.78, 5) is 16.2. The minimum Gasteiger partial charge on any atom is -0.336 e. The van der Waals surface area contributed by atoms with Crippen molar-refractivity contribution in [2.24, 2.45) is 0 Å². The monoisotopic (exact) mass is 375 g/mol. The third-order valence-electron chi connectivity index (χ3n) is 5.39. The Kier molecular flexibility index (Phi) is 4.41. The van der Waals surface area contributed by atoms with E-state index in [1.807, 2.05) is 28.5 Å². The largest absolute Gasteiger partial charge is 0.336 e. The fourth-order valence-electron chi connectivity index (χ4n) is 4.24. The van der Waals surface area contributed by atoms with Gasteiger partial charge in [0.2, 0.25) is 5.91 Å². The lowest BCUT2D eigenvalue weighted by atomic mass is 10.0. The predicted octanol–water partition coefficient (Wildman–Crippen LogP) is 3.29. The molecule has 1 aromatic heterocycles. The number of rotatable bonds is 4. The quantitative estimate of drug-likeness (QED) is 0.824. The molecule has 0 radical (unpaired) electrons. The lowest BCUT2D eigenvalue weighted by Gasteiger charge is -2.38. The number of hydrogen-bond donors (Lipinski definition) is 0. The van der Waals surface area contributed by atoms with E-state index >= 15 is 0 Å². The van der Waals surface area contributed by atoms with Gasteiger partial charge in [-0.05, 0) is 49.3 Å². The van der Waals surface area contributed by atoms with Gasteiger partial charge in [-0.15, -0.1) is 11.3 Å². The number of piperidine rings is 1. The van der Waals surface area contributed by atoms with Crippen LogP contribution in [-0.4, -0.2) is 36.6 Å². The zero-order chi connectivity index (χ0) is 17.4. The summed E-state index contributed by atoms with van der Waals surface area (Å²) in [6, 6.07) is 12.8. The van der Waals surface area contributed by atoms with Crippen molar-refractivity contribution in [3.05, 3.63) is 52.7 Å². The zero-order valence-electron chi connectivity index (χ0n) is 13.9. The highest BCUT2D eigenvalue weighted by Gasteiger charge is 2.46. The number of carbonyl (C=O) groups is 1. The fourth-order valence-corrected chi connectivity index (χ4v) is 6.81. The van der Waals surface area contributed by atoms with Gasteiger partial charge in [0.15, 0.2) is 9.84 Å². The van der Waals surface area contributed by atoms with Crippen LogP contribution in [0.1, 0.15) is 30.6 Å². The molecule has 132 valence electrons. The first kappa shape index (κ1) is 16.8. The van der Waals surface area contributed by atoms with E-state index in [0.29, 0.717) is 24.2 Å². The second-order valence-electron chi connectivity index (χ2n) is 6.89. The lowest BCUT2D eigenvalue weighted by molar-refractivity contribution is -0.134. The van der Waals surface area contributed by atoms with Crippen LogP contribution in [-0.2, 0) is 21.1 Å². The summed E-state index contributed by atoms with van der Waals surface area (Å²) in [6.45, 7) is 0. The van der Waals surface area contributed by atoms with Gasteiger partial charge in [-0.1, -0.05) is 24.3 Å². The van der Waals surface area contributed by atoms with Gasteiger partial charge in [0.05, 0.1) is 16.6 Å². The molecule has 1 aromatic carbocycles. The van der Waals surface area contributed by atoms with E-state index < -0.39 is 9.84 Å². The summed E-state index contributed by atoms with van der Waals surface area (Å²) in [5.41, 5.74) is 0. The smallest absolute Gasteiger partial charge is 0.228 e. The number of benzene rings is 1. The van der Waals surface area contributed by atoms with Crippen molar-refractivity contribution >= 4 is 27.1 Å². The number of hydrogen-bond acceptors (Lipinski definition) is 4. The molecular formula is C19H21NO3S2. The summed E-state index contributed by atoms with van der Waals surface area (Å²) in [6.07, 6.45) is 3.39. The van der Waals surface area contributed by atoms with Gasteiger partial charge < -0.3 is 4.90 Å². The number of amides is 1. The molecule has 2 fully saturated rings. The van der Waals surface area contributed by atoms with Crippen molar-refractivity contribution in [3.63, 3.8) is 0 Å². The first-order valence-corrected chi connectivity index (χ1v) is 11.1. The van der Waals surface area contributed by atoms with Gasteiger partial charge in [0, 0.05) is 17.0 Å². The molecule has 2 aliphatic heterocycles. The Balaban J connectivity index is 1.51. The Morgan fingerprint density at radius 3 is 2.32 bits per heavy atom. The molecule has 2 saturated heterocycles. The summed E-state index contributed by atoms with van der Waals surface area (Å²) < 4.78 is 25.9. The molecule has 2 aromatic rings. The normalized spacial score (nSPS) is 25.9. The molecule has 25 heavy (non-hydrogen) atoms. The van der Waals surface area contributed by atoms with Crippen molar-refractivity contribution in [1.29, 1.82) is 0 Å². The van der Waals surface area contributed by atoms with Crippen molar-refractivity contribution in [1.82, 2.24) is 4.90 Å². The van der Waals surface area contributed by atoms with E-state index in [0.717, 1.165) is 17.7 Å². The first-order chi connectivity index (χ1) is 12.1. The lowest BCUT2D eigenvalue weighted by Crippen LogP contribution is -2.50. The minimum absolute atomic E-state index is 0.0645. The van der Waals surface area contributed by atoms with Crippen molar-refractivity contribution in [2.75, 3.05) is 0 Å². The molecule has 4 rings (SSSR count). The van der Waals surface area contributed by atoms with Crippen LogP contribution < -0.4 is 0 Å². The van der Waals surface area contributed by atoms with Gasteiger partial charge in [-0.25, -0.2) is 8.42 Å². The second-order valence-corrected chi connectivity index (χ2v) is 10.2. The summed E-state index contributed by atoms with van der Waals surface area (Å²) in [7, 11) is -3.32. The number of carbonyl (C=O) groups excluding carboxylic acids is 1. The van der Waals surface area contributed by atoms with Gasteiger partial charge in [0.25, 0.3) is 0 Å². The Morgan fingerprint density at radius 1 is 1.04 bits per heavy atom. The second kappa shape index (κ2) is 6.57. The van der Waals surface area contributed by atoms with Crippen molar-refractivity contribution < 1.29 is 13.2 Å². The van der Waals surface area contributed by atoms with Crippen LogP contribution in [0.4, 0.5) is 0 Å². The molecule has 2 aliphatic rings. The highest BCUT2D eigenvalue weighted by molar-refractivity contribution is 7.92. The Morgan fingerprint density at radius 2 is 1.72 bits per heavy atom. The molecule has 2 atom stereocenters. The maximum absolute atomic E-state index is 12.9. The molecule has 0 N–H and O–H groups in total. The number of thiophene rings is 1. The summed E-state index contributed by atoms with van der Waals surface area (Å²) >= 11 is 1.60. The zero-order valence-corrected chi connectivity index (χ0v) is 15.5. The molecule has 0 aliphatic carbocycles. The van der Waals surface area contributed by atoms with E-state index in [4.69, 9.17) is 0 Å². The van der Waals surface area contributed by atoms with E-state index in [1.165, 1.54) is 0 Å². The average molecular weight is 376 g/mol. The van der Waals surface area contributed by atoms with Crippen LogP contribution in [0.5, 0.6) is 0 Å². The SMILES string of the molecule is O=C(Cc1cccs1)N1C2CCC1CC(S(=O)(=O)c1ccccc1)C2. The van der Waals surface area contributed by atoms with Crippen molar-refractivity contribution in [2.45, 2.75) is 54.3 Å².